The van der Waals surface area contributed by atoms with Gasteiger partial charge in [-0.2, -0.15) is 5.10 Å². The molecule has 0 atom stereocenters. The minimum absolute atomic E-state index is 0.426. The molecule has 2 aromatic rings. The molecule has 1 heterocycles. The molecule has 0 bridgehead atoms. The van der Waals surface area contributed by atoms with Gasteiger partial charge >= 0.3 is 0 Å². The first-order chi connectivity index (χ1) is 12.7. The first-order valence-electron chi connectivity index (χ1n) is 8.89. The van der Waals surface area contributed by atoms with Gasteiger partial charge in [-0.25, -0.2) is 0 Å². The van der Waals surface area contributed by atoms with E-state index in [1.54, 1.807) is 6.21 Å². The fraction of sp³-hybridized carbons (Fsp3) is 0.300. The summed E-state index contributed by atoms with van der Waals surface area (Å²) in [5, 5.41) is 8.38. The molecule has 26 heavy (non-hydrogen) atoms. The molecule has 2 aromatic carbocycles. The number of rotatable bonds is 5. The molecule has 6 heteroatoms. The Morgan fingerprint density at radius 3 is 3.00 bits per heavy atom. The van der Waals surface area contributed by atoms with Crippen LogP contribution < -0.4 is 15.6 Å². The number of hydrogen-bond donors (Lipinski definition) is 2. The Bertz CT molecular complexity index is 806. The van der Waals surface area contributed by atoms with Crippen molar-refractivity contribution in [3.05, 3.63) is 58.6 Å². The van der Waals surface area contributed by atoms with E-state index in [-0.39, 0.29) is 0 Å². The summed E-state index contributed by atoms with van der Waals surface area (Å²) in [5.74, 6) is 0. The van der Waals surface area contributed by atoms with Crippen LogP contribution in [0.1, 0.15) is 30.9 Å². The van der Waals surface area contributed by atoms with Crippen LogP contribution in [0.3, 0.4) is 0 Å². The molecule has 0 radical (unpaired) electrons. The third-order valence-electron chi connectivity index (χ3n) is 4.27. The summed E-state index contributed by atoms with van der Waals surface area (Å²) < 4.78 is 0. The van der Waals surface area contributed by atoms with Gasteiger partial charge in [0.1, 0.15) is 0 Å². The van der Waals surface area contributed by atoms with Crippen LogP contribution >= 0.6 is 23.8 Å². The number of thiocarbonyl (C=S) groups is 1. The standard InChI is InChI=1S/C20H23ClN4S/c1-2-10-25-11-4-5-16-12-15(8-9-19(16)25)14-22-24-20(26)23-18-7-3-6-17(21)13-18/h3,6-9,12-14H,2,4-5,10-11H2,1H3,(H2,23,24,26). The second-order valence-corrected chi connectivity index (χ2v) is 7.16. The summed E-state index contributed by atoms with van der Waals surface area (Å²) in [6.45, 7) is 4.49. The Kier molecular flexibility index (Phi) is 6.47. The molecule has 0 unspecified atom stereocenters. The minimum Gasteiger partial charge on any atom is -0.371 e. The maximum Gasteiger partial charge on any atom is 0.191 e. The zero-order chi connectivity index (χ0) is 18.4. The molecule has 0 fully saturated rings. The summed E-state index contributed by atoms with van der Waals surface area (Å²) in [7, 11) is 0. The first-order valence-corrected chi connectivity index (χ1v) is 9.68. The molecule has 4 nitrogen and oxygen atoms in total. The number of nitrogens with one attached hydrogen (secondary N) is 2. The Hall–Kier alpha value is -2.11. The van der Waals surface area contributed by atoms with E-state index in [4.69, 9.17) is 23.8 Å². The molecule has 0 spiro atoms. The van der Waals surface area contributed by atoms with Crippen LogP contribution in [-0.2, 0) is 6.42 Å². The van der Waals surface area contributed by atoms with Crippen LogP contribution in [-0.4, -0.2) is 24.4 Å². The summed E-state index contributed by atoms with van der Waals surface area (Å²) in [5.41, 5.74) is 7.50. The molecule has 0 aromatic heterocycles. The highest BCUT2D eigenvalue weighted by Crippen LogP contribution is 2.27. The van der Waals surface area contributed by atoms with Crippen molar-refractivity contribution >= 4 is 46.5 Å². The average molecular weight is 387 g/mol. The van der Waals surface area contributed by atoms with E-state index in [1.807, 2.05) is 24.3 Å². The second-order valence-electron chi connectivity index (χ2n) is 6.31. The van der Waals surface area contributed by atoms with Crippen molar-refractivity contribution in [1.29, 1.82) is 0 Å². The number of fused-ring (bicyclic) bond motifs is 1. The van der Waals surface area contributed by atoms with E-state index in [0.717, 1.165) is 30.8 Å². The minimum atomic E-state index is 0.426. The van der Waals surface area contributed by atoms with Gasteiger partial charge < -0.3 is 10.2 Å². The topological polar surface area (TPSA) is 39.7 Å². The number of nitrogens with zero attached hydrogens (tertiary/aromatic N) is 2. The summed E-state index contributed by atoms with van der Waals surface area (Å²) in [4.78, 5) is 2.47. The van der Waals surface area contributed by atoms with Gasteiger partial charge in [-0.3, -0.25) is 5.43 Å². The zero-order valence-electron chi connectivity index (χ0n) is 14.8. The number of aryl methyl sites for hydroxylation is 1. The third kappa shape index (κ3) is 4.96. The van der Waals surface area contributed by atoms with E-state index in [9.17, 15) is 0 Å². The highest BCUT2D eigenvalue weighted by Gasteiger charge is 2.15. The predicted octanol–water partition coefficient (Wildman–Crippen LogP) is 4.82. The number of hydrogen-bond acceptors (Lipinski definition) is 3. The van der Waals surface area contributed by atoms with Gasteiger partial charge in [0.15, 0.2) is 5.11 Å². The summed E-state index contributed by atoms with van der Waals surface area (Å²) in [6.07, 6.45) is 5.30. The summed E-state index contributed by atoms with van der Waals surface area (Å²) >= 11 is 11.2. The van der Waals surface area contributed by atoms with E-state index in [1.165, 1.54) is 24.1 Å². The van der Waals surface area contributed by atoms with Crippen molar-refractivity contribution in [2.24, 2.45) is 5.10 Å². The van der Waals surface area contributed by atoms with Crippen molar-refractivity contribution < 1.29 is 0 Å². The van der Waals surface area contributed by atoms with Gasteiger partial charge in [0, 0.05) is 29.5 Å². The van der Waals surface area contributed by atoms with Crippen molar-refractivity contribution in [1.82, 2.24) is 5.43 Å². The lowest BCUT2D eigenvalue weighted by Crippen LogP contribution is -2.30. The van der Waals surface area contributed by atoms with Crippen molar-refractivity contribution in [3.8, 4) is 0 Å². The molecule has 3 rings (SSSR count). The van der Waals surface area contributed by atoms with E-state index in [2.05, 4.69) is 45.9 Å². The Balaban J connectivity index is 1.59. The smallest absolute Gasteiger partial charge is 0.191 e. The first kappa shape index (κ1) is 18.7. The zero-order valence-corrected chi connectivity index (χ0v) is 16.4. The number of hydrazone groups is 1. The molecular formula is C20H23ClN4S. The highest BCUT2D eigenvalue weighted by atomic mass is 35.5. The van der Waals surface area contributed by atoms with Gasteiger partial charge in [0.05, 0.1) is 6.21 Å². The van der Waals surface area contributed by atoms with Crippen LogP contribution in [0.15, 0.2) is 47.6 Å². The lowest BCUT2D eigenvalue weighted by molar-refractivity contribution is 0.681. The lowest BCUT2D eigenvalue weighted by atomic mass is 9.99. The Morgan fingerprint density at radius 2 is 2.19 bits per heavy atom. The van der Waals surface area contributed by atoms with Crippen molar-refractivity contribution in [2.45, 2.75) is 26.2 Å². The molecular weight excluding hydrogens is 364 g/mol. The number of halogens is 1. The van der Waals surface area contributed by atoms with Gasteiger partial charge in [0.25, 0.3) is 0 Å². The van der Waals surface area contributed by atoms with Crippen LogP contribution in [0.2, 0.25) is 5.02 Å². The van der Waals surface area contributed by atoms with Gasteiger partial charge in [0.2, 0.25) is 0 Å². The van der Waals surface area contributed by atoms with Crippen molar-refractivity contribution in [2.75, 3.05) is 23.3 Å². The summed E-state index contributed by atoms with van der Waals surface area (Å²) in [6, 6.07) is 13.9. The second kappa shape index (κ2) is 9.01. The van der Waals surface area contributed by atoms with Crippen LogP contribution in [0.5, 0.6) is 0 Å². The lowest BCUT2D eigenvalue weighted by Gasteiger charge is -2.31. The monoisotopic (exact) mass is 386 g/mol. The van der Waals surface area contributed by atoms with Gasteiger partial charge in [-0.1, -0.05) is 30.7 Å². The van der Waals surface area contributed by atoms with Gasteiger partial charge in [-0.15, -0.1) is 0 Å². The highest BCUT2D eigenvalue weighted by molar-refractivity contribution is 7.80. The molecule has 1 aliphatic rings. The van der Waals surface area contributed by atoms with Crippen LogP contribution in [0.25, 0.3) is 0 Å². The maximum atomic E-state index is 5.96. The number of benzene rings is 2. The Labute approximate surface area is 165 Å². The van der Waals surface area contributed by atoms with Gasteiger partial charge in [-0.05, 0) is 72.9 Å². The normalized spacial score (nSPS) is 13.5. The number of anilines is 2. The van der Waals surface area contributed by atoms with Crippen LogP contribution in [0, 0.1) is 0 Å². The Morgan fingerprint density at radius 1 is 1.31 bits per heavy atom. The predicted molar refractivity (Wildman–Crippen MR) is 116 cm³/mol. The SMILES string of the molecule is CCCN1CCCc2cc(C=NNC(=S)Nc3cccc(Cl)c3)ccc21. The molecule has 0 aliphatic carbocycles. The molecule has 136 valence electrons. The molecule has 1 aliphatic heterocycles. The van der Waals surface area contributed by atoms with Crippen molar-refractivity contribution in [3.63, 3.8) is 0 Å². The quantitative estimate of drug-likeness (QED) is 0.439. The van der Waals surface area contributed by atoms with E-state index in [0.29, 0.717) is 10.1 Å². The fourth-order valence-electron chi connectivity index (χ4n) is 3.17. The molecule has 2 N–H and O–H groups in total. The molecule has 0 amide bonds. The average Bonchev–Trinajstić information content (AvgIpc) is 2.62. The fourth-order valence-corrected chi connectivity index (χ4v) is 3.53. The largest absolute Gasteiger partial charge is 0.371 e. The van der Waals surface area contributed by atoms with E-state index >= 15 is 0 Å². The maximum absolute atomic E-state index is 5.96. The van der Waals surface area contributed by atoms with E-state index < -0.39 is 0 Å². The van der Waals surface area contributed by atoms with Crippen LogP contribution in [0.4, 0.5) is 11.4 Å². The molecule has 0 saturated carbocycles. The molecule has 0 saturated heterocycles. The third-order valence-corrected chi connectivity index (χ3v) is 4.70.